The zero-order valence-electron chi connectivity index (χ0n) is 13.2. The highest BCUT2D eigenvalue weighted by molar-refractivity contribution is 5.27. The average Bonchev–Trinajstić information content (AvgIpc) is 3.26. The SMILES string of the molecule is OC[C@@H]1C2C3CCCC3C3C2C2C4C5C(CCC5[C@@H](O)C34)C21. The maximum absolute atomic E-state index is 11.1. The summed E-state index contributed by atoms with van der Waals surface area (Å²) in [5.41, 5.74) is 0. The van der Waals surface area contributed by atoms with Gasteiger partial charge in [-0.2, -0.15) is 0 Å². The largest absolute Gasteiger partial charge is 0.396 e. The molecule has 0 saturated heterocycles. The summed E-state index contributed by atoms with van der Waals surface area (Å²) in [5, 5.41) is 21.4. The first kappa shape index (κ1) is 12.3. The molecule has 0 aromatic rings. The van der Waals surface area contributed by atoms with Gasteiger partial charge >= 0.3 is 0 Å². The van der Waals surface area contributed by atoms with Gasteiger partial charge in [0.05, 0.1) is 6.10 Å². The second kappa shape index (κ2) is 3.61. The van der Waals surface area contributed by atoms with Crippen molar-refractivity contribution in [2.24, 2.45) is 76.9 Å². The molecule has 0 bridgehead atoms. The van der Waals surface area contributed by atoms with E-state index in [4.69, 9.17) is 0 Å². The van der Waals surface area contributed by atoms with Gasteiger partial charge in [0.2, 0.25) is 0 Å². The van der Waals surface area contributed by atoms with Crippen LogP contribution in [0.25, 0.3) is 0 Å². The lowest BCUT2D eigenvalue weighted by Gasteiger charge is -2.31. The van der Waals surface area contributed by atoms with Crippen molar-refractivity contribution < 1.29 is 10.2 Å². The molecular weight excluding hydrogens is 272 g/mol. The third-order valence-corrected chi connectivity index (χ3v) is 10.5. The van der Waals surface area contributed by atoms with Gasteiger partial charge in [-0.3, -0.25) is 0 Å². The Labute approximate surface area is 132 Å². The van der Waals surface area contributed by atoms with Gasteiger partial charge in [0.1, 0.15) is 0 Å². The second-order valence-electron chi connectivity index (χ2n) is 10.1. The summed E-state index contributed by atoms with van der Waals surface area (Å²) in [6.07, 6.45) is 7.00. The normalized spacial score (nSPS) is 75.0. The monoisotopic (exact) mass is 300 g/mol. The fraction of sp³-hybridized carbons (Fsp3) is 1.00. The molecule has 0 aliphatic heterocycles. The van der Waals surface area contributed by atoms with Crippen molar-refractivity contribution in [1.29, 1.82) is 0 Å². The molecule has 0 aromatic heterocycles. The highest BCUT2D eigenvalue weighted by atomic mass is 16.3. The van der Waals surface area contributed by atoms with Crippen LogP contribution in [-0.4, -0.2) is 22.9 Å². The van der Waals surface area contributed by atoms with Gasteiger partial charge in [-0.1, -0.05) is 6.42 Å². The van der Waals surface area contributed by atoms with E-state index in [1.807, 2.05) is 0 Å². The minimum atomic E-state index is 0.0455. The first-order valence-corrected chi connectivity index (χ1v) is 10.1. The van der Waals surface area contributed by atoms with E-state index in [0.29, 0.717) is 24.4 Å². The van der Waals surface area contributed by atoms with Crippen LogP contribution in [0.2, 0.25) is 0 Å². The van der Waals surface area contributed by atoms with Gasteiger partial charge in [0.15, 0.2) is 0 Å². The van der Waals surface area contributed by atoms with Gasteiger partial charge in [-0.15, -0.1) is 0 Å². The molecule has 0 amide bonds. The van der Waals surface area contributed by atoms with Crippen LogP contribution in [0.3, 0.4) is 0 Å². The average molecular weight is 300 g/mol. The van der Waals surface area contributed by atoms with Crippen molar-refractivity contribution in [2.45, 2.75) is 38.2 Å². The third kappa shape index (κ3) is 0.989. The maximum Gasteiger partial charge on any atom is 0.0605 e. The van der Waals surface area contributed by atoms with E-state index in [0.717, 1.165) is 59.2 Å². The molecule has 0 radical (unpaired) electrons. The van der Waals surface area contributed by atoms with Crippen molar-refractivity contribution in [3.05, 3.63) is 0 Å². The zero-order valence-corrected chi connectivity index (χ0v) is 13.2. The topological polar surface area (TPSA) is 40.5 Å². The Morgan fingerprint density at radius 3 is 2.05 bits per heavy atom. The highest BCUT2D eigenvalue weighted by Gasteiger charge is 2.80. The summed E-state index contributed by atoms with van der Waals surface area (Å²) < 4.78 is 0. The Morgan fingerprint density at radius 1 is 0.591 bits per heavy atom. The number of fused-ring (bicyclic) bond motifs is 5. The number of hydrogen-bond acceptors (Lipinski definition) is 2. The van der Waals surface area contributed by atoms with Crippen molar-refractivity contribution in [2.75, 3.05) is 6.61 Å². The van der Waals surface area contributed by atoms with E-state index >= 15 is 0 Å². The molecule has 7 rings (SSSR count). The van der Waals surface area contributed by atoms with Gasteiger partial charge in [-0.05, 0) is 103 Å². The molecule has 2 nitrogen and oxygen atoms in total. The molecule has 7 saturated carbocycles. The first-order chi connectivity index (χ1) is 10.8. The van der Waals surface area contributed by atoms with Gasteiger partial charge in [0.25, 0.3) is 0 Å². The molecule has 7 fully saturated rings. The lowest BCUT2D eigenvalue weighted by molar-refractivity contribution is 0.0456. The molecule has 120 valence electrons. The Balaban J connectivity index is 1.46. The van der Waals surface area contributed by atoms with Crippen molar-refractivity contribution in [3.8, 4) is 0 Å². The lowest BCUT2D eigenvalue weighted by atomic mass is 9.75. The number of aliphatic hydroxyl groups excluding tert-OH is 2. The number of aliphatic hydroxyl groups is 2. The molecule has 22 heavy (non-hydrogen) atoms. The van der Waals surface area contributed by atoms with E-state index in [2.05, 4.69) is 0 Å². The Bertz CT molecular complexity index is 537. The molecule has 0 aromatic carbocycles. The quantitative estimate of drug-likeness (QED) is 0.780. The van der Waals surface area contributed by atoms with Crippen molar-refractivity contribution >= 4 is 0 Å². The lowest BCUT2D eigenvalue weighted by Crippen LogP contribution is -2.30. The smallest absolute Gasteiger partial charge is 0.0605 e. The predicted molar refractivity (Wildman–Crippen MR) is 81.5 cm³/mol. The number of rotatable bonds is 1. The van der Waals surface area contributed by atoms with E-state index in [1.165, 1.54) is 32.1 Å². The van der Waals surface area contributed by atoms with Crippen LogP contribution in [-0.2, 0) is 0 Å². The van der Waals surface area contributed by atoms with Gasteiger partial charge in [0, 0.05) is 6.61 Å². The van der Waals surface area contributed by atoms with E-state index in [-0.39, 0.29) is 6.10 Å². The van der Waals surface area contributed by atoms with Crippen LogP contribution in [0.4, 0.5) is 0 Å². The summed E-state index contributed by atoms with van der Waals surface area (Å²) >= 11 is 0. The van der Waals surface area contributed by atoms with E-state index in [9.17, 15) is 10.2 Å². The molecule has 2 heteroatoms. The van der Waals surface area contributed by atoms with E-state index < -0.39 is 0 Å². The molecular formula is C20H28O2. The van der Waals surface area contributed by atoms with Crippen LogP contribution in [0.1, 0.15) is 32.1 Å². The standard InChI is InChI=1S/C20H28O2/c21-6-11-12-7-2-1-3-8(7)15-16(12)17-14(11)9-4-5-10-13(9)18(17)19(15)20(10)22/h7-22H,1-6H2/t7?,8?,9?,10?,11-,12?,13?,14?,15?,16?,17?,18?,19?,20-/m1/s1. The molecule has 7 aliphatic rings. The Hall–Kier alpha value is -0.0800. The van der Waals surface area contributed by atoms with Crippen LogP contribution in [0, 0.1) is 76.9 Å². The second-order valence-corrected chi connectivity index (χ2v) is 10.1. The third-order valence-electron chi connectivity index (χ3n) is 10.5. The Morgan fingerprint density at radius 2 is 1.23 bits per heavy atom. The minimum absolute atomic E-state index is 0.0455. The molecule has 0 heterocycles. The summed E-state index contributed by atoms with van der Waals surface area (Å²) in [6.45, 7) is 0.464. The maximum atomic E-state index is 11.1. The Kier molecular flexibility index (Phi) is 2.02. The van der Waals surface area contributed by atoms with Crippen LogP contribution >= 0.6 is 0 Å². The molecule has 12 unspecified atom stereocenters. The number of hydrogen-bond donors (Lipinski definition) is 2. The van der Waals surface area contributed by atoms with Crippen LogP contribution in [0.15, 0.2) is 0 Å². The predicted octanol–water partition coefficient (Wildman–Crippen LogP) is 2.40. The summed E-state index contributed by atoms with van der Waals surface area (Å²) in [6, 6.07) is 0. The summed E-state index contributed by atoms with van der Waals surface area (Å²) in [5.74, 6) is 10.8. The molecule has 2 N–H and O–H groups in total. The fourth-order valence-corrected chi connectivity index (χ4v) is 10.9. The van der Waals surface area contributed by atoms with Crippen LogP contribution < -0.4 is 0 Å². The summed E-state index contributed by atoms with van der Waals surface area (Å²) in [4.78, 5) is 0. The van der Waals surface area contributed by atoms with Crippen molar-refractivity contribution in [3.63, 3.8) is 0 Å². The highest BCUT2D eigenvalue weighted by Crippen LogP contribution is 2.82. The fourth-order valence-electron chi connectivity index (χ4n) is 10.9. The zero-order chi connectivity index (χ0) is 14.3. The first-order valence-electron chi connectivity index (χ1n) is 10.1. The summed E-state index contributed by atoms with van der Waals surface area (Å²) in [7, 11) is 0. The van der Waals surface area contributed by atoms with Gasteiger partial charge < -0.3 is 10.2 Å². The van der Waals surface area contributed by atoms with Gasteiger partial charge in [-0.25, -0.2) is 0 Å². The molecule has 0 spiro atoms. The van der Waals surface area contributed by atoms with Crippen molar-refractivity contribution in [1.82, 2.24) is 0 Å². The minimum Gasteiger partial charge on any atom is -0.396 e. The van der Waals surface area contributed by atoms with E-state index in [1.54, 1.807) is 0 Å². The van der Waals surface area contributed by atoms with Crippen LogP contribution in [0.5, 0.6) is 0 Å². The molecule has 14 atom stereocenters. The molecule has 7 aliphatic carbocycles.